The van der Waals surface area contributed by atoms with Crippen molar-refractivity contribution in [2.75, 3.05) is 56.3 Å². The van der Waals surface area contributed by atoms with Gasteiger partial charge in [-0.05, 0) is 49.4 Å². The van der Waals surface area contributed by atoms with Gasteiger partial charge in [0.1, 0.15) is 35.7 Å². The average Bonchev–Trinajstić information content (AvgIpc) is 3.29. The lowest BCUT2D eigenvalue weighted by Gasteiger charge is -2.24. The van der Waals surface area contributed by atoms with Crippen LogP contribution in [0.15, 0.2) is 24.3 Å². The minimum atomic E-state index is -0.995. The number of nitrogens with zero attached hydrogens (tertiary/aromatic N) is 5. The molecule has 3 aliphatic rings. The topological polar surface area (TPSA) is 91.3 Å². The Balaban J connectivity index is 1.42. The minimum Gasteiger partial charge on any atom is -0.508 e. The first-order valence-electron chi connectivity index (χ1n) is 13.8. The summed E-state index contributed by atoms with van der Waals surface area (Å²) in [6, 6.07) is 5.73. The van der Waals surface area contributed by atoms with Crippen LogP contribution in [0.3, 0.4) is 0 Å². The third-order valence-corrected chi connectivity index (χ3v) is 8.13. The molecule has 1 aromatic heterocycles. The van der Waals surface area contributed by atoms with E-state index in [9.17, 15) is 18.7 Å². The zero-order chi connectivity index (χ0) is 28.0. The standard InChI is InChI=1S/C29H33F2N5O4/c1-3-19-20(30)6-5-17-13-18(37)14-23(25(17)19)36-15-22-26(28(36)38)27(35-8-4-11-39-12-10-35)33-29(32-22)40-16-24-21(31)7-9-34(24)2/h5-6,13-14,21,24,37H,3-4,7-12,15-16H2,1-2H3. The van der Waals surface area contributed by atoms with Gasteiger partial charge in [0.05, 0.1) is 30.6 Å². The van der Waals surface area contributed by atoms with Crippen LogP contribution in [-0.2, 0) is 17.7 Å². The second-order valence-electron chi connectivity index (χ2n) is 10.6. The maximum absolute atomic E-state index is 14.9. The predicted molar refractivity (Wildman–Crippen MR) is 147 cm³/mol. The number of hydrogen-bond donors (Lipinski definition) is 1. The van der Waals surface area contributed by atoms with Gasteiger partial charge in [-0.25, -0.2) is 8.78 Å². The van der Waals surface area contributed by atoms with Crippen molar-refractivity contribution in [3.63, 3.8) is 0 Å². The van der Waals surface area contributed by atoms with Crippen molar-refractivity contribution >= 4 is 28.2 Å². The normalized spacial score (nSPS) is 21.8. The zero-order valence-electron chi connectivity index (χ0n) is 22.7. The lowest BCUT2D eigenvalue weighted by Crippen LogP contribution is -2.36. The number of amides is 1. The molecular weight excluding hydrogens is 520 g/mol. The number of likely N-dealkylation sites (N-methyl/N-ethyl adjacent to an activating group) is 1. The number of anilines is 2. The number of phenols is 1. The molecule has 2 aromatic carbocycles. The van der Waals surface area contributed by atoms with E-state index in [4.69, 9.17) is 9.47 Å². The molecule has 40 heavy (non-hydrogen) atoms. The molecule has 212 valence electrons. The molecule has 2 fully saturated rings. The molecule has 0 radical (unpaired) electrons. The van der Waals surface area contributed by atoms with Crippen molar-refractivity contribution in [2.45, 2.75) is 44.9 Å². The number of rotatable bonds is 6. The lowest BCUT2D eigenvalue weighted by atomic mass is 9.99. The molecule has 4 heterocycles. The van der Waals surface area contributed by atoms with E-state index in [1.54, 1.807) is 12.1 Å². The van der Waals surface area contributed by atoms with Crippen molar-refractivity contribution in [2.24, 2.45) is 0 Å². The van der Waals surface area contributed by atoms with Crippen LogP contribution in [0.1, 0.15) is 41.4 Å². The smallest absolute Gasteiger partial charge is 0.318 e. The fourth-order valence-corrected chi connectivity index (χ4v) is 6.00. The van der Waals surface area contributed by atoms with Gasteiger partial charge in [0.15, 0.2) is 0 Å². The molecule has 3 aromatic rings. The number of fused-ring (bicyclic) bond motifs is 2. The summed E-state index contributed by atoms with van der Waals surface area (Å²) in [5.74, 6) is -0.281. The summed E-state index contributed by atoms with van der Waals surface area (Å²) in [5.41, 5.74) is 1.70. The number of carbonyl (C=O) groups excluding carboxylic acids is 1. The molecule has 2 atom stereocenters. The number of carbonyl (C=O) groups is 1. The number of phenolic OH excluding ortho intramolecular Hbond substituents is 1. The minimum absolute atomic E-state index is 0.0265. The number of likely N-dealkylation sites (tertiary alicyclic amines) is 1. The molecule has 9 nitrogen and oxygen atoms in total. The summed E-state index contributed by atoms with van der Waals surface area (Å²) in [6.07, 6.45) is 0.638. The monoisotopic (exact) mass is 553 g/mol. The van der Waals surface area contributed by atoms with Crippen LogP contribution < -0.4 is 14.5 Å². The molecule has 3 aliphatic heterocycles. The van der Waals surface area contributed by atoms with E-state index in [0.717, 1.165) is 6.42 Å². The summed E-state index contributed by atoms with van der Waals surface area (Å²) >= 11 is 0. The highest BCUT2D eigenvalue weighted by Crippen LogP contribution is 2.41. The van der Waals surface area contributed by atoms with Gasteiger partial charge in [-0.2, -0.15) is 9.97 Å². The van der Waals surface area contributed by atoms with E-state index in [-0.39, 0.29) is 36.6 Å². The number of benzene rings is 2. The second-order valence-corrected chi connectivity index (χ2v) is 10.6. The Morgan fingerprint density at radius 2 is 2.02 bits per heavy atom. The van der Waals surface area contributed by atoms with Crippen LogP contribution in [0.25, 0.3) is 10.8 Å². The third kappa shape index (κ3) is 4.71. The van der Waals surface area contributed by atoms with E-state index in [2.05, 4.69) is 9.97 Å². The largest absolute Gasteiger partial charge is 0.508 e. The number of aryl methyl sites for hydroxylation is 1. The highest BCUT2D eigenvalue weighted by Gasteiger charge is 2.38. The summed E-state index contributed by atoms with van der Waals surface area (Å²) in [4.78, 5) is 28.8. The molecule has 2 unspecified atom stereocenters. The van der Waals surface area contributed by atoms with Crippen molar-refractivity contribution in [3.05, 3.63) is 46.9 Å². The molecule has 1 amide bonds. The van der Waals surface area contributed by atoms with Crippen molar-refractivity contribution in [3.8, 4) is 11.8 Å². The van der Waals surface area contributed by atoms with Gasteiger partial charge in [-0.15, -0.1) is 0 Å². The zero-order valence-corrected chi connectivity index (χ0v) is 22.7. The Kier molecular flexibility index (Phi) is 7.18. The number of hydrogen-bond acceptors (Lipinski definition) is 8. The highest BCUT2D eigenvalue weighted by molar-refractivity contribution is 6.16. The van der Waals surface area contributed by atoms with Gasteiger partial charge in [0, 0.05) is 37.7 Å². The molecule has 0 aliphatic carbocycles. The van der Waals surface area contributed by atoms with Gasteiger partial charge >= 0.3 is 6.01 Å². The molecule has 6 rings (SSSR count). The van der Waals surface area contributed by atoms with Gasteiger partial charge < -0.3 is 24.4 Å². The number of halogens is 2. The number of ether oxygens (including phenoxy) is 2. The maximum atomic E-state index is 14.9. The van der Waals surface area contributed by atoms with Crippen molar-refractivity contribution in [1.29, 1.82) is 0 Å². The summed E-state index contributed by atoms with van der Waals surface area (Å²) in [6.45, 7) is 4.96. The predicted octanol–water partition coefficient (Wildman–Crippen LogP) is 3.85. The number of aromatic nitrogens is 2. The Morgan fingerprint density at radius 1 is 1.18 bits per heavy atom. The summed E-state index contributed by atoms with van der Waals surface area (Å²) in [5, 5.41) is 11.7. The Morgan fingerprint density at radius 3 is 2.80 bits per heavy atom. The fourth-order valence-electron chi connectivity index (χ4n) is 6.00. The fraction of sp³-hybridized carbons (Fsp3) is 0.483. The SMILES string of the molecule is CCc1c(F)ccc2cc(O)cc(N3Cc4nc(OCC5C(F)CCN5C)nc(N5CCCOCC5)c4C3=O)c12. The number of aromatic hydroxyl groups is 1. The van der Waals surface area contributed by atoms with Crippen LogP contribution >= 0.6 is 0 Å². The quantitative estimate of drug-likeness (QED) is 0.493. The van der Waals surface area contributed by atoms with Gasteiger partial charge in [0.25, 0.3) is 5.91 Å². The van der Waals surface area contributed by atoms with Gasteiger partial charge in [0.2, 0.25) is 0 Å². The van der Waals surface area contributed by atoms with E-state index >= 15 is 0 Å². The Bertz CT molecular complexity index is 1440. The maximum Gasteiger partial charge on any atom is 0.318 e. The Labute approximate surface area is 231 Å². The van der Waals surface area contributed by atoms with Crippen LogP contribution in [0, 0.1) is 5.82 Å². The van der Waals surface area contributed by atoms with Gasteiger partial charge in [-0.1, -0.05) is 13.0 Å². The molecular formula is C29H33F2N5O4. The van der Waals surface area contributed by atoms with E-state index in [1.165, 1.54) is 17.0 Å². The van der Waals surface area contributed by atoms with Crippen LogP contribution in [0.2, 0.25) is 0 Å². The first-order chi connectivity index (χ1) is 19.4. The Hall–Kier alpha value is -3.57. The molecule has 2 saturated heterocycles. The van der Waals surface area contributed by atoms with E-state index in [0.29, 0.717) is 84.8 Å². The first kappa shape index (κ1) is 26.6. The molecule has 0 saturated carbocycles. The average molecular weight is 554 g/mol. The molecule has 11 heteroatoms. The van der Waals surface area contributed by atoms with Crippen LogP contribution in [0.5, 0.6) is 11.8 Å². The van der Waals surface area contributed by atoms with E-state index in [1.807, 2.05) is 23.8 Å². The van der Waals surface area contributed by atoms with Crippen molar-refractivity contribution < 1.29 is 28.2 Å². The van der Waals surface area contributed by atoms with Gasteiger partial charge in [-0.3, -0.25) is 9.69 Å². The number of alkyl halides is 1. The molecule has 0 bridgehead atoms. The second kappa shape index (κ2) is 10.8. The molecule has 1 N–H and O–H groups in total. The lowest BCUT2D eigenvalue weighted by molar-refractivity contribution is 0.0997. The first-order valence-corrected chi connectivity index (χ1v) is 13.8. The summed E-state index contributed by atoms with van der Waals surface area (Å²) in [7, 11) is 1.86. The third-order valence-electron chi connectivity index (χ3n) is 8.13. The summed E-state index contributed by atoms with van der Waals surface area (Å²) < 4.78 is 40.9. The van der Waals surface area contributed by atoms with Crippen LogP contribution in [0.4, 0.5) is 20.3 Å². The van der Waals surface area contributed by atoms with Crippen molar-refractivity contribution in [1.82, 2.24) is 14.9 Å². The highest BCUT2D eigenvalue weighted by atomic mass is 19.1. The molecule has 0 spiro atoms. The van der Waals surface area contributed by atoms with Crippen LogP contribution in [-0.4, -0.2) is 84.6 Å². The van der Waals surface area contributed by atoms with E-state index < -0.39 is 12.2 Å².